The average Bonchev–Trinajstić information content (AvgIpc) is 2.34. The van der Waals surface area contributed by atoms with Crippen LogP contribution in [-0.2, 0) is 0 Å². The van der Waals surface area contributed by atoms with E-state index >= 15 is 0 Å². The van der Waals surface area contributed by atoms with Crippen LogP contribution in [-0.4, -0.2) is 23.8 Å². The summed E-state index contributed by atoms with van der Waals surface area (Å²) in [4.78, 5) is 0. The Morgan fingerprint density at radius 2 is 1.88 bits per heavy atom. The van der Waals surface area contributed by atoms with Crippen molar-refractivity contribution >= 4 is 0 Å². The first-order chi connectivity index (χ1) is 8.04. The van der Waals surface area contributed by atoms with Crippen LogP contribution in [0.2, 0.25) is 0 Å². The molecule has 0 aromatic heterocycles. The van der Waals surface area contributed by atoms with E-state index in [1.165, 1.54) is 0 Å². The first-order valence-corrected chi connectivity index (χ1v) is 6.88. The standard InChI is InChI=1S/C14H24N2O/c1-11-3-5-13(10-15,6-4-11)14(17)7-8-16-9-12(14)2/h11-12,16-17H,3-9H2,1-2H3. The first kappa shape index (κ1) is 12.9. The molecule has 3 heteroatoms. The molecule has 0 aromatic rings. The predicted molar refractivity (Wildman–Crippen MR) is 67.3 cm³/mol. The Morgan fingerprint density at radius 1 is 1.24 bits per heavy atom. The van der Waals surface area contributed by atoms with Gasteiger partial charge in [0.1, 0.15) is 0 Å². The van der Waals surface area contributed by atoms with Gasteiger partial charge in [-0.1, -0.05) is 13.8 Å². The van der Waals surface area contributed by atoms with Crippen LogP contribution < -0.4 is 5.32 Å². The molecular weight excluding hydrogens is 212 g/mol. The molecule has 0 aromatic carbocycles. The van der Waals surface area contributed by atoms with E-state index in [-0.39, 0.29) is 5.92 Å². The van der Waals surface area contributed by atoms with E-state index < -0.39 is 11.0 Å². The lowest BCUT2D eigenvalue weighted by molar-refractivity contribution is -0.129. The molecule has 1 aliphatic heterocycles. The summed E-state index contributed by atoms with van der Waals surface area (Å²) in [5, 5.41) is 24.0. The van der Waals surface area contributed by atoms with Crippen LogP contribution in [0.15, 0.2) is 0 Å². The molecule has 1 heterocycles. The SMILES string of the molecule is CC1CCC(C#N)(C2(O)CCNCC2C)CC1. The van der Waals surface area contributed by atoms with Gasteiger partial charge in [0.2, 0.25) is 0 Å². The van der Waals surface area contributed by atoms with Gasteiger partial charge >= 0.3 is 0 Å². The predicted octanol–water partition coefficient (Wildman–Crippen LogP) is 2.07. The zero-order valence-corrected chi connectivity index (χ0v) is 11.0. The Hall–Kier alpha value is -0.590. The minimum Gasteiger partial charge on any atom is -0.388 e. The Kier molecular flexibility index (Phi) is 3.47. The van der Waals surface area contributed by atoms with Crippen molar-refractivity contribution in [2.24, 2.45) is 17.3 Å². The lowest BCUT2D eigenvalue weighted by Crippen LogP contribution is -2.59. The van der Waals surface area contributed by atoms with Gasteiger partial charge in [0, 0.05) is 6.54 Å². The van der Waals surface area contributed by atoms with Crippen LogP contribution in [0.4, 0.5) is 0 Å². The average molecular weight is 236 g/mol. The fourth-order valence-corrected chi connectivity index (χ4v) is 3.62. The number of piperidine rings is 1. The van der Waals surface area contributed by atoms with Gasteiger partial charge in [-0.15, -0.1) is 0 Å². The first-order valence-electron chi connectivity index (χ1n) is 6.88. The van der Waals surface area contributed by atoms with E-state index in [0.29, 0.717) is 5.92 Å². The molecule has 96 valence electrons. The van der Waals surface area contributed by atoms with Crippen molar-refractivity contribution in [1.82, 2.24) is 5.32 Å². The summed E-state index contributed by atoms with van der Waals surface area (Å²) in [5.41, 5.74) is -1.28. The molecule has 0 bridgehead atoms. The number of hydrogen-bond acceptors (Lipinski definition) is 3. The minimum absolute atomic E-state index is 0.171. The summed E-state index contributed by atoms with van der Waals surface area (Å²) in [6, 6.07) is 2.50. The Morgan fingerprint density at radius 3 is 2.41 bits per heavy atom. The number of nitrogens with zero attached hydrogens (tertiary/aromatic N) is 1. The van der Waals surface area contributed by atoms with Crippen LogP contribution in [0.5, 0.6) is 0 Å². The quantitative estimate of drug-likeness (QED) is 0.733. The van der Waals surface area contributed by atoms with Crippen molar-refractivity contribution in [3.8, 4) is 6.07 Å². The minimum atomic E-state index is -0.785. The summed E-state index contributed by atoms with van der Waals surface area (Å²) >= 11 is 0. The van der Waals surface area contributed by atoms with E-state index in [2.05, 4.69) is 25.2 Å². The lowest BCUT2D eigenvalue weighted by Gasteiger charge is -2.51. The molecule has 2 N–H and O–H groups in total. The van der Waals surface area contributed by atoms with E-state index in [4.69, 9.17) is 0 Å². The maximum absolute atomic E-state index is 11.0. The lowest BCUT2D eigenvalue weighted by atomic mass is 9.57. The van der Waals surface area contributed by atoms with E-state index in [0.717, 1.165) is 45.2 Å². The maximum atomic E-state index is 11.0. The normalized spacial score (nSPS) is 47.4. The molecule has 2 unspecified atom stereocenters. The van der Waals surface area contributed by atoms with Crippen molar-refractivity contribution in [2.75, 3.05) is 13.1 Å². The highest BCUT2D eigenvalue weighted by Crippen LogP contribution is 2.51. The molecule has 1 saturated heterocycles. The van der Waals surface area contributed by atoms with Gasteiger partial charge < -0.3 is 10.4 Å². The zero-order chi connectivity index (χ0) is 12.5. The molecule has 17 heavy (non-hydrogen) atoms. The Balaban J connectivity index is 2.25. The molecule has 1 saturated carbocycles. The number of aliphatic hydroxyl groups is 1. The fourth-order valence-electron chi connectivity index (χ4n) is 3.62. The molecule has 2 fully saturated rings. The van der Waals surface area contributed by atoms with Gasteiger partial charge in [-0.2, -0.15) is 5.26 Å². The molecule has 3 nitrogen and oxygen atoms in total. The third kappa shape index (κ3) is 1.98. The molecule has 1 aliphatic carbocycles. The Bertz CT molecular complexity index is 315. The third-order valence-electron chi connectivity index (χ3n) is 5.12. The highest BCUT2D eigenvalue weighted by molar-refractivity contribution is 5.15. The van der Waals surface area contributed by atoms with Crippen molar-refractivity contribution < 1.29 is 5.11 Å². The number of rotatable bonds is 1. The second kappa shape index (κ2) is 4.59. The van der Waals surface area contributed by atoms with E-state index in [9.17, 15) is 10.4 Å². The number of nitriles is 1. The summed E-state index contributed by atoms with van der Waals surface area (Å²) in [5.74, 6) is 0.876. The monoisotopic (exact) mass is 236 g/mol. The summed E-state index contributed by atoms with van der Waals surface area (Å²) in [6.45, 7) is 5.98. The number of nitrogens with one attached hydrogen (secondary N) is 1. The third-order valence-corrected chi connectivity index (χ3v) is 5.12. The van der Waals surface area contributed by atoms with Gasteiger partial charge in [-0.3, -0.25) is 0 Å². The van der Waals surface area contributed by atoms with Gasteiger partial charge in [-0.05, 0) is 50.5 Å². The molecule has 0 radical (unpaired) electrons. The highest BCUT2D eigenvalue weighted by atomic mass is 16.3. The Labute approximate surface area is 104 Å². The largest absolute Gasteiger partial charge is 0.388 e. The van der Waals surface area contributed by atoms with Gasteiger partial charge in [0.05, 0.1) is 17.1 Å². The van der Waals surface area contributed by atoms with Crippen LogP contribution in [0, 0.1) is 28.6 Å². The molecule has 2 aliphatic rings. The van der Waals surface area contributed by atoms with Crippen molar-refractivity contribution in [3.63, 3.8) is 0 Å². The molecule has 2 rings (SSSR count). The zero-order valence-electron chi connectivity index (χ0n) is 11.0. The van der Waals surface area contributed by atoms with Crippen molar-refractivity contribution in [3.05, 3.63) is 0 Å². The molecular formula is C14H24N2O. The van der Waals surface area contributed by atoms with E-state index in [1.54, 1.807) is 0 Å². The highest BCUT2D eigenvalue weighted by Gasteiger charge is 2.55. The second-order valence-corrected chi connectivity index (χ2v) is 6.16. The van der Waals surface area contributed by atoms with E-state index in [1.807, 2.05) is 0 Å². The maximum Gasteiger partial charge on any atom is 0.0882 e. The van der Waals surface area contributed by atoms with Crippen LogP contribution in [0.25, 0.3) is 0 Å². The molecule has 0 amide bonds. The summed E-state index contributed by atoms with van der Waals surface area (Å²) in [6.07, 6.45) is 4.61. The van der Waals surface area contributed by atoms with Crippen molar-refractivity contribution in [2.45, 2.75) is 51.6 Å². The molecule has 0 spiro atoms. The van der Waals surface area contributed by atoms with Gasteiger partial charge in [0.15, 0.2) is 0 Å². The van der Waals surface area contributed by atoms with Gasteiger partial charge in [0.25, 0.3) is 0 Å². The smallest absolute Gasteiger partial charge is 0.0882 e. The molecule has 2 atom stereocenters. The topological polar surface area (TPSA) is 56.0 Å². The summed E-state index contributed by atoms with van der Waals surface area (Å²) in [7, 11) is 0. The van der Waals surface area contributed by atoms with Gasteiger partial charge in [-0.25, -0.2) is 0 Å². The van der Waals surface area contributed by atoms with Crippen LogP contribution >= 0.6 is 0 Å². The number of hydrogen-bond donors (Lipinski definition) is 2. The summed E-state index contributed by atoms with van der Waals surface area (Å²) < 4.78 is 0. The van der Waals surface area contributed by atoms with Crippen LogP contribution in [0.1, 0.15) is 46.0 Å². The fraction of sp³-hybridized carbons (Fsp3) is 0.929. The van der Waals surface area contributed by atoms with Crippen molar-refractivity contribution in [1.29, 1.82) is 5.26 Å². The van der Waals surface area contributed by atoms with Crippen LogP contribution in [0.3, 0.4) is 0 Å². The second-order valence-electron chi connectivity index (χ2n) is 6.16.